The molecule has 4 aliphatic rings. The molecule has 5 rings (SSSR count). The van der Waals surface area contributed by atoms with Crippen molar-refractivity contribution in [2.24, 2.45) is 11.8 Å². The van der Waals surface area contributed by atoms with E-state index in [0.717, 1.165) is 30.6 Å². The highest BCUT2D eigenvalue weighted by Crippen LogP contribution is 2.36. The molecule has 3 heterocycles. The van der Waals surface area contributed by atoms with Gasteiger partial charge >= 0.3 is 0 Å². The van der Waals surface area contributed by atoms with Crippen molar-refractivity contribution < 1.29 is 9.59 Å². The van der Waals surface area contributed by atoms with Gasteiger partial charge in [0.25, 0.3) is 5.91 Å². The summed E-state index contributed by atoms with van der Waals surface area (Å²) in [5, 5.41) is 0. The first-order valence-electron chi connectivity index (χ1n) is 9.40. The minimum Gasteiger partial charge on any atom is -0.377 e. The van der Waals surface area contributed by atoms with Crippen molar-refractivity contribution >= 4 is 17.5 Å². The van der Waals surface area contributed by atoms with E-state index in [1.165, 1.54) is 12.8 Å². The summed E-state index contributed by atoms with van der Waals surface area (Å²) in [5.74, 6) is 1.01. The van der Waals surface area contributed by atoms with Crippen LogP contribution in [0.25, 0.3) is 0 Å². The van der Waals surface area contributed by atoms with Crippen LogP contribution in [0.3, 0.4) is 0 Å². The van der Waals surface area contributed by atoms with Crippen LogP contribution in [0.4, 0.5) is 5.69 Å². The highest BCUT2D eigenvalue weighted by molar-refractivity contribution is 6.00. The predicted molar refractivity (Wildman–Crippen MR) is 97.6 cm³/mol. The van der Waals surface area contributed by atoms with Crippen molar-refractivity contribution in [2.75, 3.05) is 38.6 Å². The van der Waals surface area contributed by atoms with E-state index in [1.54, 1.807) is 0 Å². The number of fused-ring (bicyclic) bond motifs is 4. The smallest absolute Gasteiger partial charge is 0.256 e. The van der Waals surface area contributed by atoms with E-state index in [-0.39, 0.29) is 23.8 Å². The lowest BCUT2D eigenvalue weighted by atomic mass is 9.94. The number of amides is 2. The second kappa shape index (κ2) is 6.36. The molecular weight excluding hydrogens is 314 g/mol. The number of nitrogens with zero attached hydrogens (tertiary/aromatic N) is 3. The van der Waals surface area contributed by atoms with E-state index < -0.39 is 0 Å². The molecule has 4 fully saturated rings. The molecule has 1 saturated carbocycles. The first-order valence-corrected chi connectivity index (χ1v) is 9.40. The van der Waals surface area contributed by atoms with Gasteiger partial charge in [0.15, 0.2) is 0 Å². The normalized spacial score (nSPS) is 25.9. The Morgan fingerprint density at radius 2 is 1.88 bits per heavy atom. The number of rotatable bonds is 4. The van der Waals surface area contributed by atoms with Crippen LogP contribution in [-0.4, -0.2) is 61.4 Å². The quantitative estimate of drug-likeness (QED) is 0.843. The number of benzene rings is 1. The van der Waals surface area contributed by atoms with Crippen molar-refractivity contribution in [1.82, 2.24) is 9.80 Å². The average Bonchev–Trinajstić information content (AvgIpc) is 3.44. The van der Waals surface area contributed by atoms with Crippen LogP contribution in [-0.2, 0) is 4.79 Å². The maximum absolute atomic E-state index is 13.2. The zero-order valence-corrected chi connectivity index (χ0v) is 15.1. The molecule has 0 spiro atoms. The Balaban J connectivity index is 1.58. The van der Waals surface area contributed by atoms with Crippen LogP contribution in [0.15, 0.2) is 24.3 Å². The van der Waals surface area contributed by atoms with E-state index in [4.69, 9.17) is 0 Å². The number of hydrogen-bond acceptors (Lipinski definition) is 3. The van der Waals surface area contributed by atoms with Gasteiger partial charge < -0.3 is 14.7 Å². The van der Waals surface area contributed by atoms with Crippen LogP contribution < -0.4 is 4.90 Å². The highest BCUT2D eigenvalue weighted by atomic mass is 16.2. The Morgan fingerprint density at radius 1 is 1.12 bits per heavy atom. The lowest BCUT2D eigenvalue weighted by molar-refractivity contribution is -0.140. The summed E-state index contributed by atoms with van der Waals surface area (Å²) in [6.07, 6.45) is 4.45. The van der Waals surface area contributed by atoms with Gasteiger partial charge in [-0.3, -0.25) is 9.59 Å². The molecule has 2 atom stereocenters. The lowest BCUT2D eigenvalue weighted by Crippen LogP contribution is -2.48. The molecule has 1 aromatic rings. The van der Waals surface area contributed by atoms with Crippen molar-refractivity contribution in [3.63, 3.8) is 0 Å². The molecule has 2 bridgehead atoms. The molecule has 0 unspecified atom stereocenters. The molecule has 0 radical (unpaired) electrons. The predicted octanol–water partition coefficient (Wildman–Crippen LogP) is 2.23. The van der Waals surface area contributed by atoms with Crippen molar-refractivity contribution in [3.05, 3.63) is 29.8 Å². The van der Waals surface area contributed by atoms with Gasteiger partial charge in [-0.25, -0.2) is 0 Å². The Hall–Kier alpha value is -2.04. The fourth-order valence-corrected chi connectivity index (χ4v) is 4.24. The minimum atomic E-state index is -0.0204. The summed E-state index contributed by atoms with van der Waals surface area (Å²) in [7, 11) is 3.91. The van der Waals surface area contributed by atoms with Gasteiger partial charge in [0, 0.05) is 45.5 Å². The Morgan fingerprint density at radius 3 is 2.60 bits per heavy atom. The van der Waals surface area contributed by atoms with Gasteiger partial charge in [0.05, 0.1) is 11.5 Å². The standard InChI is InChI=1S/C20H27N3O2/c1-21(2)18-6-4-3-5-17(18)20(25)22-12-15-9-10-16(13-22)23(19(15)24)11-14-7-8-14/h3-6,14-16H,7-13H2,1-2H3/t15-,16+/m1/s1. The van der Waals surface area contributed by atoms with E-state index >= 15 is 0 Å². The molecule has 1 aliphatic carbocycles. The van der Waals surface area contributed by atoms with Crippen LogP contribution in [0.1, 0.15) is 36.0 Å². The highest BCUT2D eigenvalue weighted by Gasteiger charge is 2.43. The molecule has 0 N–H and O–H groups in total. The summed E-state index contributed by atoms with van der Waals surface area (Å²) in [6.45, 7) is 2.14. The maximum Gasteiger partial charge on any atom is 0.256 e. The third kappa shape index (κ3) is 3.12. The van der Waals surface area contributed by atoms with Crippen LogP contribution in [0.2, 0.25) is 0 Å². The second-order valence-corrected chi connectivity index (χ2v) is 7.98. The van der Waals surface area contributed by atoms with E-state index in [9.17, 15) is 9.59 Å². The molecule has 5 nitrogen and oxygen atoms in total. The van der Waals surface area contributed by atoms with Gasteiger partial charge in [-0.15, -0.1) is 0 Å². The number of para-hydroxylation sites is 1. The maximum atomic E-state index is 13.2. The molecule has 25 heavy (non-hydrogen) atoms. The molecule has 3 aliphatic heterocycles. The van der Waals surface area contributed by atoms with Crippen molar-refractivity contribution in [2.45, 2.75) is 31.7 Å². The van der Waals surface area contributed by atoms with Gasteiger partial charge in [-0.1, -0.05) is 12.1 Å². The van der Waals surface area contributed by atoms with Gasteiger partial charge in [0.1, 0.15) is 0 Å². The zero-order valence-electron chi connectivity index (χ0n) is 15.1. The summed E-state index contributed by atoms with van der Waals surface area (Å²) < 4.78 is 0. The largest absolute Gasteiger partial charge is 0.377 e. The monoisotopic (exact) mass is 341 g/mol. The third-order valence-corrected chi connectivity index (χ3v) is 5.85. The number of hydrogen-bond donors (Lipinski definition) is 0. The van der Waals surface area contributed by atoms with Gasteiger partial charge in [-0.05, 0) is 43.7 Å². The first kappa shape index (κ1) is 16.4. The van der Waals surface area contributed by atoms with Crippen LogP contribution in [0.5, 0.6) is 0 Å². The number of piperidine rings is 1. The summed E-state index contributed by atoms with van der Waals surface area (Å²) >= 11 is 0. The molecule has 0 aromatic heterocycles. The van der Waals surface area contributed by atoms with E-state index in [1.807, 2.05) is 48.2 Å². The molecule has 1 aromatic carbocycles. The summed E-state index contributed by atoms with van der Waals surface area (Å²) in [5.41, 5.74) is 1.67. The minimum absolute atomic E-state index is 0.0204. The SMILES string of the molecule is CN(C)c1ccccc1C(=O)N1C[C@H]2CC[C@@H](C1)N(CC1CC1)C2=O. The molecule has 3 saturated heterocycles. The molecular formula is C20H27N3O2. The first-order chi connectivity index (χ1) is 12.0. The van der Waals surface area contributed by atoms with Crippen LogP contribution >= 0.6 is 0 Å². The fraction of sp³-hybridized carbons (Fsp3) is 0.600. The van der Waals surface area contributed by atoms with Crippen molar-refractivity contribution in [3.8, 4) is 0 Å². The van der Waals surface area contributed by atoms with E-state index in [0.29, 0.717) is 19.0 Å². The molecule has 134 valence electrons. The Kier molecular flexibility index (Phi) is 4.18. The average molecular weight is 341 g/mol. The third-order valence-electron chi connectivity index (χ3n) is 5.85. The summed E-state index contributed by atoms with van der Waals surface area (Å²) in [4.78, 5) is 32.0. The Labute approximate surface area is 149 Å². The van der Waals surface area contributed by atoms with Gasteiger partial charge in [-0.2, -0.15) is 0 Å². The number of carbonyl (C=O) groups excluding carboxylic acids is 2. The lowest BCUT2D eigenvalue weighted by Gasteiger charge is -2.36. The topological polar surface area (TPSA) is 43.9 Å². The molecule has 5 heteroatoms. The van der Waals surface area contributed by atoms with Crippen LogP contribution in [0, 0.1) is 11.8 Å². The fourth-order valence-electron chi connectivity index (χ4n) is 4.24. The summed E-state index contributed by atoms with van der Waals surface area (Å²) in [6, 6.07) is 7.94. The van der Waals surface area contributed by atoms with Gasteiger partial charge in [0.2, 0.25) is 5.91 Å². The van der Waals surface area contributed by atoms with Crippen molar-refractivity contribution in [1.29, 1.82) is 0 Å². The zero-order chi connectivity index (χ0) is 17.6. The van der Waals surface area contributed by atoms with E-state index in [2.05, 4.69) is 4.90 Å². The number of carbonyl (C=O) groups is 2. The second-order valence-electron chi connectivity index (χ2n) is 7.98. The molecule has 2 amide bonds. The number of anilines is 1. The Bertz CT molecular complexity index is 683.